The number of aromatic nitrogens is 2. The summed E-state index contributed by atoms with van der Waals surface area (Å²) < 4.78 is 2.20. The molecule has 4 rings (SSSR count). The standard InChI is InChI=1S/C22H18Cl2N2/c1-14-3-7-16(8-4-14)13-26-21-12-19(24)18(23)11-20(21)25-22(26)17-9-5-15(2)6-10-17/h3-12H,13H2,1-2H3. The minimum Gasteiger partial charge on any atom is -0.319 e. The first-order chi connectivity index (χ1) is 12.5. The first-order valence-electron chi connectivity index (χ1n) is 8.49. The van der Waals surface area contributed by atoms with Crippen LogP contribution in [-0.2, 0) is 6.54 Å². The molecule has 0 bridgehead atoms. The lowest BCUT2D eigenvalue weighted by atomic mass is 10.1. The van der Waals surface area contributed by atoms with Crippen LogP contribution in [0.5, 0.6) is 0 Å². The van der Waals surface area contributed by atoms with Crippen LogP contribution < -0.4 is 0 Å². The van der Waals surface area contributed by atoms with Crippen LogP contribution in [0.1, 0.15) is 16.7 Å². The van der Waals surface area contributed by atoms with E-state index in [-0.39, 0.29) is 0 Å². The van der Waals surface area contributed by atoms with Crippen molar-refractivity contribution in [3.8, 4) is 11.4 Å². The van der Waals surface area contributed by atoms with Gasteiger partial charge in [-0.3, -0.25) is 0 Å². The average molecular weight is 381 g/mol. The highest BCUT2D eigenvalue weighted by atomic mass is 35.5. The Morgan fingerprint density at radius 2 is 1.38 bits per heavy atom. The van der Waals surface area contributed by atoms with Gasteiger partial charge in [-0.1, -0.05) is 82.9 Å². The van der Waals surface area contributed by atoms with Gasteiger partial charge in [0, 0.05) is 12.1 Å². The lowest BCUT2D eigenvalue weighted by molar-refractivity contribution is 0.834. The van der Waals surface area contributed by atoms with Crippen molar-refractivity contribution in [1.82, 2.24) is 9.55 Å². The Kier molecular flexibility index (Phi) is 4.47. The summed E-state index contributed by atoms with van der Waals surface area (Å²) in [6.45, 7) is 4.90. The van der Waals surface area contributed by atoms with E-state index in [0.717, 1.165) is 29.0 Å². The third kappa shape index (κ3) is 3.23. The van der Waals surface area contributed by atoms with Crippen molar-refractivity contribution in [3.05, 3.63) is 87.4 Å². The molecule has 0 spiro atoms. The molecule has 0 amide bonds. The van der Waals surface area contributed by atoms with Crippen molar-refractivity contribution < 1.29 is 0 Å². The number of hydrogen-bond donors (Lipinski definition) is 0. The first-order valence-corrected chi connectivity index (χ1v) is 9.25. The second-order valence-corrected chi connectivity index (χ2v) is 7.44. The van der Waals surface area contributed by atoms with Gasteiger partial charge >= 0.3 is 0 Å². The molecule has 0 aliphatic rings. The van der Waals surface area contributed by atoms with Crippen LogP contribution in [-0.4, -0.2) is 9.55 Å². The van der Waals surface area contributed by atoms with Crippen molar-refractivity contribution in [2.75, 3.05) is 0 Å². The Balaban J connectivity index is 1.91. The zero-order valence-electron chi connectivity index (χ0n) is 14.6. The molecule has 4 aromatic rings. The molecule has 3 aromatic carbocycles. The molecule has 1 heterocycles. The summed E-state index contributed by atoms with van der Waals surface area (Å²) in [5, 5.41) is 1.06. The zero-order chi connectivity index (χ0) is 18.3. The number of halogens is 2. The van der Waals surface area contributed by atoms with Gasteiger partial charge < -0.3 is 4.57 Å². The molecule has 0 aliphatic heterocycles. The first kappa shape index (κ1) is 17.1. The lowest BCUT2D eigenvalue weighted by Gasteiger charge is -2.11. The summed E-state index contributed by atoms with van der Waals surface area (Å²) in [6, 6.07) is 20.7. The molecule has 0 N–H and O–H groups in total. The Hall–Kier alpha value is -2.29. The fraction of sp³-hybridized carbons (Fsp3) is 0.136. The summed E-state index contributed by atoms with van der Waals surface area (Å²) in [7, 11) is 0. The molecule has 0 atom stereocenters. The van der Waals surface area contributed by atoms with Crippen molar-refractivity contribution >= 4 is 34.2 Å². The minimum absolute atomic E-state index is 0.523. The summed E-state index contributed by atoms with van der Waals surface area (Å²) in [5.74, 6) is 0.916. The molecule has 0 fully saturated rings. The third-order valence-corrected chi connectivity index (χ3v) is 5.28. The van der Waals surface area contributed by atoms with Crippen LogP contribution in [0.4, 0.5) is 0 Å². The number of fused-ring (bicyclic) bond motifs is 1. The summed E-state index contributed by atoms with van der Waals surface area (Å²) in [4.78, 5) is 4.85. The molecular weight excluding hydrogens is 363 g/mol. The number of hydrogen-bond acceptors (Lipinski definition) is 1. The van der Waals surface area contributed by atoms with Crippen LogP contribution in [0, 0.1) is 13.8 Å². The molecule has 0 radical (unpaired) electrons. The van der Waals surface area contributed by atoms with E-state index in [1.165, 1.54) is 16.7 Å². The summed E-state index contributed by atoms with van der Waals surface area (Å²) >= 11 is 12.5. The summed E-state index contributed by atoms with van der Waals surface area (Å²) in [5.41, 5.74) is 6.59. The second kappa shape index (κ2) is 6.79. The van der Waals surface area contributed by atoms with Crippen LogP contribution in [0.15, 0.2) is 60.7 Å². The average Bonchev–Trinajstić information content (AvgIpc) is 2.95. The fourth-order valence-electron chi connectivity index (χ4n) is 3.08. The van der Waals surface area contributed by atoms with E-state index in [4.69, 9.17) is 28.2 Å². The van der Waals surface area contributed by atoms with Gasteiger partial charge in [0.2, 0.25) is 0 Å². The highest BCUT2D eigenvalue weighted by Gasteiger charge is 2.15. The molecule has 4 heteroatoms. The van der Waals surface area contributed by atoms with Gasteiger partial charge in [-0.25, -0.2) is 4.98 Å². The van der Waals surface area contributed by atoms with E-state index in [9.17, 15) is 0 Å². The fourth-order valence-corrected chi connectivity index (χ4v) is 3.40. The molecule has 2 nitrogen and oxygen atoms in total. The SMILES string of the molecule is Cc1ccc(Cn2c(-c3ccc(C)cc3)nc3cc(Cl)c(Cl)cc32)cc1. The molecule has 130 valence electrons. The van der Waals surface area contributed by atoms with Gasteiger partial charge in [-0.2, -0.15) is 0 Å². The van der Waals surface area contributed by atoms with Gasteiger partial charge in [0.15, 0.2) is 0 Å². The van der Waals surface area contributed by atoms with E-state index >= 15 is 0 Å². The number of aryl methyl sites for hydroxylation is 2. The Bertz CT molecular complexity index is 1080. The second-order valence-electron chi connectivity index (χ2n) is 6.63. The highest BCUT2D eigenvalue weighted by molar-refractivity contribution is 6.42. The molecular formula is C22H18Cl2N2. The van der Waals surface area contributed by atoms with Crippen LogP contribution in [0.2, 0.25) is 10.0 Å². The van der Waals surface area contributed by atoms with Gasteiger partial charge in [0.05, 0.1) is 21.1 Å². The predicted molar refractivity (Wildman–Crippen MR) is 110 cm³/mol. The summed E-state index contributed by atoms with van der Waals surface area (Å²) in [6.07, 6.45) is 0. The van der Waals surface area contributed by atoms with E-state index < -0.39 is 0 Å². The Labute approximate surface area is 163 Å². The van der Waals surface area contributed by atoms with Crippen molar-refractivity contribution in [2.45, 2.75) is 20.4 Å². The maximum atomic E-state index is 6.29. The van der Waals surface area contributed by atoms with Gasteiger partial charge in [0.25, 0.3) is 0 Å². The number of imidazole rings is 1. The topological polar surface area (TPSA) is 17.8 Å². The Morgan fingerprint density at radius 3 is 2.04 bits per heavy atom. The van der Waals surface area contributed by atoms with Crippen molar-refractivity contribution in [2.24, 2.45) is 0 Å². The molecule has 0 saturated heterocycles. The predicted octanol–water partition coefficient (Wildman–Crippen LogP) is 6.68. The van der Waals surface area contributed by atoms with Crippen LogP contribution in [0.3, 0.4) is 0 Å². The third-order valence-electron chi connectivity index (χ3n) is 4.56. The number of rotatable bonds is 3. The van der Waals surface area contributed by atoms with E-state index in [1.807, 2.05) is 12.1 Å². The lowest BCUT2D eigenvalue weighted by Crippen LogP contribution is -2.02. The quantitative estimate of drug-likeness (QED) is 0.387. The van der Waals surface area contributed by atoms with E-state index in [1.54, 1.807) is 0 Å². The minimum atomic E-state index is 0.523. The molecule has 0 unspecified atom stereocenters. The van der Waals surface area contributed by atoms with Gasteiger partial charge in [-0.05, 0) is 31.5 Å². The van der Waals surface area contributed by atoms with Crippen molar-refractivity contribution in [1.29, 1.82) is 0 Å². The number of nitrogens with zero attached hydrogens (tertiary/aromatic N) is 2. The van der Waals surface area contributed by atoms with E-state index in [2.05, 4.69) is 66.9 Å². The van der Waals surface area contributed by atoms with Gasteiger partial charge in [-0.15, -0.1) is 0 Å². The number of benzene rings is 3. The maximum Gasteiger partial charge on any atom is 0.141 e. The van der Waals surface area contributed by atoms with Crippen molar-refractivity contribution in [3.63, 3.8) is 0 Å². The van der Waals surface area contributed by atoms with E-state index in [0.29, 0.717) is 10.0 Å². The Morgan fingerprint density at radius 1 is 0.808 bits per heavy atom. The van der Waals surface area contributed by atoms with Crippen LogP contribution in [0.25, 0.3) is 22.4 Å². The normalized spacial score (nSPS) is 11.2. The zero-order valence-corrected chi connectivity index (χ0v) is 16.1. The van der Waals surface area contributed by atoms with Crippen LogP contribution >= 0.6 is 23.2 Å². The largest absolute Gasteiger partial charge is 0.319 e. The molecule has 26 heavy (non-hydrogen) atoms. The molecule has 0 saturated carbocycles. The monoisotopic (exact) mass is 380 g/mol. The van der Waals surface area contributed by atoms with Gasteiger partial charge in [0.1, 0.15) is 5.82 Å². The molecule has 0 aliphatic carbocycles. The maximum absolute atomic E-state index is 6.29. The molecule has 1 aromatic heterocycles. The highest BCUT2D eigenvalue weighted by Crippen LogP contribution is 2.32. The smallest absolute Gasteiger partial charge is 0.141 e.